The van der Waals surface area contributed by atoms with Crippen LogP contribution in [0.4, 0.5) is 8.78 Å². The first-order chi connectivity index (χ1) is 17.0. The molecule has 0 bridgehead atoms. The average molecular weight is 505 g/mol. The maximum atomic E-state index is 13.8. The normalized spacial score (nSPS) is 18.6. The smallest absolute Gasteiger partial charge is 0.126 e. The Labute approximate surface area is 214 Å². The minimum absolute atomic E-state index is 0.0220. The van der Waals surface area contributed by atoms with Gasteiger partial charge in [0.2, 0.25) is 0 Å². The summed E-state index contributed by atoms with van der Waals surface area (Å²) in [6.07, 6.45) is 3.56. The van der Waals surface area contributed by atoms with Crippen molar-refractivity contribution in [3.8, 4) is 0 Å². The highest BCUT2D eigenvalue weighted by atomic mass is 19.1. The van der Waals surface area contributed by atoms with Gasteiger partial charge in [-0.25, -0.2) is 8.78 Å². The SMILES string of the molecule is CC(C)(C)c1cccc(C2(NCC(O)C(Cc3cc(F)cc(F)c3)NCC(O)CO)CCCCC2)c1. The first-order valence-electron chi connectivity index (χ1n) is 13.0. The first kappa shape index (κ1) is 28.7. The average Bonchev–Trinajstić information content (AvgIpc) is 2.84. The van der Waals surface area contributed by atoms with Gasteiger partial charge >= 0.3 is 0 Å². The van der Waals surface area contributed by atoms with E-state index in [4.69, 9.17) is 0 Å². The van der Waals surface area contributed by atoms with Gasteiger partial charge in [0.15, 0.2) is 0 Å². The molecule has 3 rings (SSSR count). The fourth-order valence-corrected chi connectivity index (χ4v) is 5.13. The number of aliphatic hydroxyl groups is 3. The van der Waals surface area contributed by atoms with Gasteiger partial charge in [-0.3, -0.25) is 0 Å². The van der Waals surface area contributed by atoms with Gasteiger partial charge in [-0.15, -0.1) is 0 Å². The molecule has 36 heavy (non-hydrogen) atoms. The van der Waals surface area contributed by atoms with Crippen molar-refractivity contribution >= 4 is 0 Å². The van der Waals surface area contributed by atoms with Gasteiger partial charge in [0.1, 0.15) is 11.6 Å². The lowest BCUT2D eigenvalue weighted by Gasteiger charge is -2.41. The molecule has 3 atom stereocenters. The number of rotatable bonds is 11. The summed E-state index contributed by atoms with van der Waals surface area (Å²) in [5.74, 6) is -1.35. The van der Waals surface area contributed by atoms with E-state index in [1.807, 2.05) is 0 Å². The van der Waals surface area contributed by atoms with Crippen LogP contribution in [0.5, 0.6) is 0 Å². The molecule has 0 heterocycles. The van der Waals surface area contributed by atoms with E-state index in [0.29, 0.717) is 5.56 Å². The van der Waals surface area contributed by atoms with E-state index in [2.05, 4.69) is 55.7 Å². The van der Waals surface area contributed by atoms with E-state index in [9.17, 15) is 24.1 Å². The largest absolute Gasteiger partial charge is 0.394 e. The van der Waals surface area contributed by atoms with E-state index >= 15 is 0 Å². The topological polar surface area (TPSA) is 84.8 Å². The predicted molar refractivity (Wildman–Crippen MR) is 139 cm³/mol. The molecule has 0 amide bonds. The van der Waals surface area contributed by atoms with Gasteiger partial charge in [0, 0.05) is 30.7 Å². The summed E-state index contributed by atoms with van der Waals surface area (Å²) >= 11 is 0. The molecule has 5 nitrogen and oxygen atoms in total. The number of hydrogen-bond acceptors (Lipinski definition) is 5. The Morgan fingerprint density at radius 2 is 1.61 bits per heavy atom. The lowest BCUT2D eigenvalue weighted by atomic mass is 9.74. The van der Waals surface area contributed by atoms with Gasteiger partial charge in [-0.2, -0.15) is 0 Å². The molecule has 0 aliphatic heterocycles. The number of aliphatic hydroxyl groups excluding tert-OH is 3. The van der Waals surface area contributed by atoms with Crippen LogP contribution in [0.1, 0.15) is 69.6 Å². The minimum Gasteiger partial charge on any atom is -0.394 e. The molecule has 0 aromatic heterocycles. The number of benzene rings is 2. The van der Waals surface area contributed by atoms with Crippen molar-refractivity contribution in [3.05, 3.63) is 70.8 Å². The summed E-state index contributed by atoms with van der Waals surface area (Å²) in [5.41, 5.74) is 2.65. The molecule has 200 valence electrons. The molecule has 7 heteroatoms. The molecule has 0 spiro atoms. The van der Waals surface area contributed by atoms with Gasteiger partial charge in [0.25, 0.3) is 0 Å². The summed E-state index contributed by atoms with van der Waals surface area (Å²) in [7, 11) is 0. The summed E-state index contributed by atoms with van der Waals surface area (Å²) in [4.78, 5) is 0. The van der Waals surface area contributed by atoms with Crippen molar-refractivity contribution in [2.24, 2.45) is 0 Å². The lowest BCUT2D eigenvalue weighted by molar-refractivity contribution is 0.0713. The predicted octanol–water partition coefficient (Wildman–Crippen LogP) is 3.93. The molecule has 2 aromatic carbocycles. The molecule has 2 aromatic rings. The Kier molecular flexibility index (Phi) is 10.0. The second-order valence-electron chi connectivity index (χ2n) is 11.3. The molecular weight excluding hydrogens is 462 g/mol. The third-order valence-electron chi connectivity index (χ3n) is 7.31. The van der Waals surface area contributed by atoms with Gasteiger partial charge < -0.3 is 26.0 Å². The van der Waals surface area contributed by atoms with E-state index < -0.39 is 36.5 Å². The van der Waals surface area contributed by atoms with Crippen LogP contribution in [0.3, 0.4) is 0 Å². The van der Waals surface area contributed by atoms with Crippen LogP contribution >= 0.6 is 0 Å². The fourth-order valence-electron chi connectivity index (χ4n) is 5.13. The zero-order valence-electron chi connectivity index (χ0n) is 21.7. The van der Waals surface area contributed by atoms with Crippen LogP contribution in [0, 0.1) is 11.6 Å². The third-order valence-corrected chi connectivity index (χ3v) is 7.31. The molecule has 1 fully saturated rings. The maximum Gasteiger partial charge on any atom is 0.126 e. The van der Waals surface area contributed by atoms with Crippen molar-refractivity contribution in [1.29, 1.82) is 0 Å². The lowest BCUT2D eigenvalue weighted by Crippen LogP contribution is -2.53. The molecule has 0 saturated heterocycles. The summed E-state index contributed by atoms with van der Waals surface area (Å²) in [5, 5.41) is 37.0. The van der Waals surface area contributed by atoms with E-state index in [0.717, 1.165) is 31.7 Å². The Morgan fingerprint density at radius 1 is 0.944 bits per heavy atom. The van der Waals surface area contributed by atoms with Crippen molar-refractivity contribution in [3.63, 3.8) is 0 Å². The maximum absolute atomic E-state index is 13.8. The van der Waals surface area contributed by atoms with Crippen LogP contribution in [-0.4, -0.2) is 53.3 Å². The molecule has 1 aliphatic carbocycles. The summed E-state index contributed by atoms with van der Waals surface area (Å²) in [6.45, 7) is 6.49. The quantitative estimate of drug-likeness (QED) is 0.320. The van der Waals surface area contributed by atoms with Crippen LogP contribution in [0.25, 0.3) is 0 Å². The summed E-state index contributed by atoms with van der Waals surface area (Å²) < 4.78 is 27.6. The second-order valence-corrected chi connectivity index (χ2v) is 11.3. The molecule has 3 unspecified atom stereocenters. The highest BCUT2D eigenvalue weighted by Crippen LogP contribution is 2.38. The monoisotopic (exact) mass is 504 g/mol. The Morgan fingerprint density at radius 3 is 2.22 bits per heavy atom. The molecule has 0 radical (unpaired) electrons. The Hall–Kier alpha value is -1.90. The standard InChI is InChI=1S/C29H42F2N2O3/c1-28(2,3)21-8-7-9-22(15-21)29(10-5-4-6-11-29)33-18-27(36)26(32-17-25(35)19-34)14-20-12-23(30)16-24(31)13-20/h7-9,12-13,15-16,25-27,32-36H,4-6,10-11,14,17-19H2,1-3H3. The molecular formula is C29H42F2N2O3. The van der Waals surface area contributed by atoms with Crippen molar-refractivity contribution in [2.45, 2.75) is 88.5 Å². The number of nitrogens with one attached hydrogen (secondary N) is 2. The number of hydrogen-bond donors (Lipinski definition) is 5. The van der Waals surface area contributed by atoms with Crippen LogP contribution in [0.15, 0.2) is 42.5 Å². The summed E-state index contributed by atoms with van der Waals surface area (Å²) in [6, 6.07) is 11.4. The van der Waals surface area contributed by atoms with Crippen LogP contribution < -0.4 is 10.6 Å². The van der Waals surface area contributed by atoms with E-state index in [1.54, 1.807) is 0 Å². The number of halogens is 2. The van der Waals surface area contributed by atoms with Gasteiger partial charge in [0.05, 0.1) is 18.8 Å². The minimum atomic E-state index is -0.998. The van der Waals surface area contributed by atoms with Crippen molar-refractivity contribution < 1.29 is 24.1 Å². The highest BCUT2D eigenvalue weighted by Gasteiger charge is 2.35. The Balaban J connectivity index is 1.80. The van der Waals surface area contributed by atoms with Gasteiger partial charge in [-0.05, 0) is 53.5 Å². The zero-order chi connectivity index (χ0) is 26.3. The van der Waals surface area contributed by atoms with Crippen molar-refractivity contribution in [2.75, 3.05) is 19.7 Å². The second kappa shape index (κ2) is 12.6. The van der Waals surface area contributed by atoms with E-state index in [-0.39, 0.29) is 30.5 Å². The van der Waals surface area contributed by atoms with Crippen molar-refractivity contribution in [1.82, 2.24) is 10.6 Å². The van der Waals surface area contributed by atoms with Crippen LogP contribution in [0.2, 0.25) is 0 Å². The first-order valence-corrected chi connectivity index (χ1v) is 13.0. The molecule has 1 saturated carbocycles. The van der Waals surface area contributed by atoms with Crippen LogP contribution in [-0.2, 0) is 17.4 Å². The van der Waals surface area contributed by atoms with Gasteiger partial charge in [-0.1, -0.05) is 64.3 Å². The zero-order valence-corrected chi connectivity index (χ0v) is 21.7. The Bertz CT molecular complexity index is 953. The molecule has 5 N–H and O–H groups in total. The fraction of sp³-hybridized carbons (Fsp3) is 0.586. The van der Waals surface area contributed by atoms with E-state index in [1.165, 1.54) is 29.7 Å². The highest BCUT2D eigenvalue weighted by molar-refractivity contribution is 5.34. The molecule has 1 aliphatic rings. The third kappa shape index (κ3) is 7.80.